The van der Waals surface area contributed by atoms with Crippen molar-refractivity contribution < 1.29 is 28.6 Å². The summed E-state index contributed by atoms with van der Waals surface area (Å²) in [4.78, 5) is 34.9. The maximum absolute atomic E-state index is 12.0. The summed E-state index contributed by atoms with van der Waals surface area (Å²) >= 11 is 0. The van der Waals surface area contributed by atoms with Crippen LogP contribution < -0.4 is 20.2 Å². The first-order chi connectivity index (χ1) is 14.5. The fraction of sp³-hybridized carbons (Fsp3) is 0.238. The lowest BCUT2D eigenvalue weighted by Gasteiger charge is -2.09. The summed E-state index contributed by atoms with van der Waals surface area (Å²) in [5.41, 5.74) is 3.63. The Balaban J connectivity index is 1.72. The molecule has 30 heavy (non-hydrogen) atoms. The first-order valence-corrected chi connectivity index (χ1v) is 9.06. The first kappa shape index (κ1) is 22.4. The Labute approximate surface area is 174 Å². The molecular formula is C21H23N3O6. The molecule has 2 N–H and O–H groups in total. The number of hydrazone groups is 1. The summed E-state index contributed by atoms with van der Waals surface area (Å²) in [5.74, 6) is -0.121. The van der Waals surface area contributed by atoms with Gasteiger partial charge in [-0.05, 0) is 42.0 Å². The molecule has 0 spiro atoms. The van der Waals surface area contributed by atoms with Gasteiger partial charge in [0.05, 0.1) is 26.1 Å². The van der Waals surface area contributed by atoms with E-state index in [9.17, 15) is 14.4 Å². The Kier molecular flexibility index (Phi) is 8.85. The highest BCUT2D eigenvalue weighted by Gasteiger charge is 2.09. The van der Waals surface area contributed by atoms with Crippen LogP contribution in [0.3, 0.4) is 0 Å². The van der Waals surface area contributed by atoms with Crippen LogP contribution >= 0.6 is 0 Å². The van der Waals surface area contributed by atoms with Gasteiger partial charge in [-0.2, -0.15) is 5.10 Å². The van der Waals surface area contributed by atoms with Crippen LogP contribution in [0, 0.1) is 0 Å². The van der Waals surface area contributed by atoms with E-state index in [4.69, 9.17) is 9.47 Å². The Morgan fingerprint density at radius 1 is 0.967 bits per heavy atom. The highest BCUT2D eigenvalue weighted by Crippen LogP contribution is 2.23. The predicted molar refractivity (Wildman–Crippen MR) is 111 cm³/mol. The van der Waals surface area contributed by atoms with Crippen LogP contribution in [0.25, 0.3) is 0 Å². The zero-order valence-electron chi connectivity index (χ0n) is 16.7. The van der Waals surface area contributed by atoms with E-state index in [0.29, 0.717) is 17.2 Å². The van der Waals surface area contributed by atoms with E-state index in [1.165, 1.54) is 20.4 Å². The smallest absolute Gasteiger partial charge is 0.343 e. The van der Waals surface area contributed by atoms with Gasteiger partial charge in [0.1, 0.15) is 11.5 Å². The number of methoxy groups -OCH3 is 2. The van der Waals surface area contributed by atoms with Crippen LogP contribution in [0.2, 0.25) is 0 Å². The van der Waals surface area contributed by atoms with Gasteiger partial charge in [-0.1, -0.05) is 12.1 Å². The summed E-state index contributed by atoms with van der Waals surface area (Å²) in [5, 5.41) is 6.56. The van der Waals surface area contributed by atoms with E-state index in [-0.39, 0.29) is 31.3 Å². The van der Waals surface area contributed by atoms with Crippen LogP contribution in [0.4, 0.5) is 5.69 Å². The standard InChI is InChI=1S/C21H23N3O6/c1-28-18-6-4-3-5-17(18)23-19(25)11-12-20(26)24-22-13-15-7-9-16(10-8-15)30-14-21(27)29-2/h3-10,13H,11-12,14H2,1-2H3,(H,23,25)(H,24,26). The second kappa shape index (κ2) is 11.8. The molecule has 0 aromatic heterocycles. The van der Waals surface area contributed by atoms with Crippen LogP contribution in [0.5, 0.6) is 11.5 Å². The molecule has 0 aliphatic carbocycles. The number of benzene rings is 2. The van der Waals surface area contributed by atoms with Crippen LogP contribution in [-0.2, 0) is 19.1 Å². The zero-order chi connectivity index (χ0) is 21.8. The molecule has 9 heteroatoms. The van der Waals surface area contributed by atoms with Crippen molar-refractivity contribution in [3.8, 4) is 11.5 Å². The lowest BCUT2D eigenvalue weighted by atomic mass is 10.2. The second-order valence-electron chi connectivity index (χ2n) is 5.98. The predicted octanol–water partition coefficient (Wildman–Crippen LogP) is 2.12. The molecule has 2 amide bonds. The normalized spacial score (nSPS) is 10.3. The third-order valence-electron chi connectivity index (χ3n) is 3.83. The Morgan fingerprint density at radius 2 is 1.67 bits per heavy atom. The van der Waals surface area contributed by atoms with Crippen LogP contribution in [0.15, 0.2) is 53.6 Å². The van der Waals surface area contributed by atoms with E-state index < -0.39 is 5.97 Å². The van der Waals surface area contributed by atoms with E-state index in [1.807, 2.05) is 0 Å². The number of anilines is 1. The fourth-order valence-electron chi connectivity index (χ4n) is 2.27. The van der Waals surface area contributed by atoms with E-state index >= 15 is 0 Å². The largest absolute Gasteiger partial charge is 0.495 e. The molecule has 0 aliphatic heterocycles. The molecule has 9 nitrogen and oxygen atoms in total. The second-order valence-corrected chi connectivity index (χ2v) is 5.98. The van der Waals surface area contributed by atoms with Gasteiger partial charge in [0.15, 0.2) is 6.61 Å². The number of nitrogens with one attached hydrogen (secondary N) is 2. The number of ether oxygens (including phenoxy) is 3. The van der Waals surface area contributed by atoms with Crippen molar-refractivity contribution >= 4 is 29.7 Å². The summed E-state index contributed by atoms with van der Waals surface area (Å²) in [7, 11) is 2.80. The highest BCUT2D eigenvalue weighted by molar-refractivity contribution is 5.94. The lowest BCUT2D eigenvalue weighted by molar-refractivity contribution is -0.142. The number of hydrogen-bond donors (Lipinski definition) is 2. The number of amides is 2. The molecule has 0 saturated carbocycles. The average Bonchev–Trinajstić information content (AvgIpc) is 2.77. The number of carbonyl (C=O) groups excluding carboxylic acids is 3. The van der Waals surface area contributed by atoms with Crippen molar-refractivity contribution in [3.63, 3.8) is 0 Å². The molecule has 0 radical (unpaired) electrons. The lowest BCUT2D eigenvalue weighted by Crippen LogP contribution is -2.20. The van der Waals surface area contributed by atoms with Crippen LogP contribution in [-0.4, -0.2) is 44.8 Å². The molecule has 2 aromatic carbocycles. The molecule has 0 atom stereocenters. The maximum Gasteiger partial charge on any atom is 0.343 e. The SMILES string of the molecule is COC(=O)COc1ccc(C=NNC(=O)CCC(=O)Nc2ccccc2OC)cc1. The third kappa shape index (κ3) is 7.63. The number of nitrogens with zero attached hydrogens (tertiary/aromatic N) is 1. The van der Waals surface area contributed by atoms with Crippen molar-refractivity contribution in [2.24, 2.45) is 5.10 Å². The third-order valence-corrected chi connectivity index (χ3v) is 3.83. The Morgan fingerprint density at radius 3 is 2.37 bits per heavy atom. The minimum Gasteiger partial charge on any atom is -0.495 e. The van der Waals surface area contributed by atoms with Gasteiger partial charge in [0.25, 0.3) is 0 Å². The van der Waals surface area contributed by atoms with Gasteiger partial charge in [-0.25, -0.2) is 10.2 Å². The van der Waals surface area contributed by atoms with Gasteiger partial charge in [0.2, 0.25) is 11.8 Å². The molecular weight excluding hydrogens is 390 g/mol. The van der Waals surface area contributed by atoms with Gasteiger partial charge >= 0.3 is 5.97 Å². The molecule has 2 aromatic rings. The van der Waals surface area contributed by atoms with Crippen molar-refractivity contribution in [3.05, 3.63) is 54.1 Å². The van der Waals surface area contributed by atoms with Gasteiger partial charge in [-0.15, -0.1) is 0 Å². The van der Waals surface area contributed by atoms with Gasteiger partial charge < -0.3 is 19.5 Å². The van der Waals surface area contributed by atoms with E-state index in [2.05, 4.69) is 20.6 Å². The van der Waals surface area contributed by atoms with Crippen LogP contribution in [0.1, 0.15) is 18.4 Å². The molecule has 2 rings (SSSR count). The summed E-state index contributed by atoms with van der Waals surface area (Å²) in [6.07, 6.45) is 1.45. The van der Waals surface area contributed by atoms with Crippen molar-refractivity contribution in [1.29, 1.82) is 0 Å². The average molecular weight is 413 g/mol. The number of rotatable bonds is 10. The summed E-state index contributed by atoms with van der Waals surface area (Å²) in [6.45, 7) is -0.176. The Hall–Kier alpha value is -3.88. The fourth-order valence-corrected chi connectivity index (χ4v) is 2.27. The van der Waals surface area contributed by atoms with Crippen molar-refractivity contribution in [2.75, 3.05) is 26.1 Å². The van der Waals surface area contributed by atoms with E-state index in [1.54, 1.807) is 48.5 Å². The maximum atomic E-state index is 12.0. The topological polar surface area (TPSA) is 115 Å². The zero-order valence-corrected chi connectivity index (χ0v) is 16.7. The number of para-hydroxylation sites is 2. The number of hydrogen-bond acceptors (Lipinski definition) is 7. The van der Waals surface area contributed by atoms with Gasteiger partial charge in [-0.3, -0.25) is 9.59 Å². The quantitative estimate of drug-likeness (QED) is 0.350. The molecule has 0 heterocycles. The van der Waals surface area contributed by atoms with Crippen molar-refractivity contribution in [1.82, 2.24) is 5.43 Å². The Bertz CT molecular complexity index is 896. The number of esters is 1. The first-order valence-electron chi connectivity index (χ1n) is 9.06. The minimum absolute atomic E-state index is 0.00559. The highest BCUT2D eigenvalue weighted by atomic mass is 16.6. The molecule has 0 bridgehead atoms. The summed E-state index contributed by atoms with van der Waals surface area (Å²) < 4.78 is 14.9. The minimum atomic E-state index is -0.472. The molecule has 0 saturated heterocycles. The van der Waals surface area contributed by atoms with Crippen molar-refractivity contribution in [2.45, 2.75) is 12.8 Å². The monoisotopic (exact) mass is 413 g/mol. The molecule has 0 aliphatic rings. The number of carbonyl (C=O) groups is 3. The molecule has 158 valence electrons. The van der Waals surface area contributed by atoms with E-state index in [0.717, 1.165) is 5.56 Å². The molecule has 0 fully saturated rings. The summed E-state index contributed by atoms with van der Waals surface area (Å²) in [6, 6.07) is 13.8. The van der Waals surface area contributed by atoms with Gasteiger partial charge in [0, 0.05) is 12.8 Å². The molecule has 0 unspecified atom stereocenters.